The van der Waals surface area contributed by atoms with Crippen LogP contribution in [0, 0.1) is 6.92 Å². The summed E-state index contributed by atoms with van der Waals surface area (Å²) in [5, 5.41) is 14.8. The van der Waals surface area contributed by atoms with Gasteiger partial charge in [-0.25, -0.2) is 19.7 Å². The van der Waals surface area contributed by atoms with Gasteiger partial charge in [-0.05, 0) is 48.9 Å². The average molecular weight is 568 g/mol. The molecule has 2 amide bonds. The zero-order chi connectivity index (χ0) is 28.3. The topological polar surface area (TPSA) is 136 Å². The molecule has 0 unspecified atom stereocenters. The molecule has 5 N–H and O–H groups in total. The number of benzene rings is 1. The lowest BCUT2D eigenvalue weighted by molar-refractivity contribution is -0.137. The van der Waals surface area contributed by atoms with E-state index in [2.05, 4.69) is 46.1 Å². The number of rotatable bonds is 7. The molecule has 5 rings (SSSR count). The molecule has 0 aliphatic carbocycles. The van der Waals surface area contributed by atoms with E-state index in [9.17, 15) is 18.0 Å². The van der Waals surface area contributed by atoms with Gasteiger partial charge in [-0.1, -0.05) is 17.7 Å². The fourth-order valence-corrected chi connectivity index (χ4v) is 4.04. The number of hydrogen-bond donors (Lipinski definition) is 5. The highest BCUT2D eigenvalue weighted by Gasteiger charge is 2.33. The van der Waals surface area contributed by atoms with Crippen molar-refractivity contribution in [1.82, 2.24) is 30.1 Å². The van der Waals surface area contributed by atoms with Crippen LogP contribution in [0.2, 0.25) is 5.02 Å². The Kier molecular flexibility index (Phi) is 7.38. The second kappa shape index (κ2) is 11.1. The van der Waals surface area contributed by atoms with Gasteiger partial charge in [0, 0.05) is 42.3 Å². The molecule has 0 fully saturated rings. The monoisotopic (exact) mass is 567 g/mol. The first-order chi connectivity index (χ1) is 19.1. The number of amides is 2. The predicted octanol–water partition coefficient (Wildman–Crippen LogP) is 6.55. The maximum absolute atomic E-state index is 13.1. The Morgan fingerprint density at radius 3 is 2.55 bits per heavy atom. The zero-order valence-electron chi connectivity index (χ0n) is 20.8. The molecule has 0 aliphatic heterocycles. The number of halogens is 4. The van der Waals surface area contributed by atoms with Crippen molar-refractivity contribution >= 4 is 40.8 Å². The molecular weight excluding hydrogens is 547 g/mol. The number of urea groups is 1. The van der Waals surface area contributed by atoms with Gasteiger partial charge in [0.25, 0.3) is 0 Å². The molecule has 0 bridgehead atoms. The van der Waals surface area contributed by atoms with E-state index in [-0.39, 0.29) is 11.5 Å². The number of carbonyl (C=O) groups is 1. The Morgan fingerprint density at radius 1 is 0.975 bits per heavy atom. The maximum atomic E-state index is 13.1. The summed E-state index contributed by atoms with van der Waals surface area (Å²) in [6.45, 7) is 1.85. The molecule has 0 radical (unpaired) electrons. The van der Waals surface area contributed by atoms with Crippen molar-refractivity contribution < 1.29 is 18.0 Å². The third-order valence-electron chi connectivity index (χ3n) is 5.58. The number of anilines is 4. The number of H-pyrrole nitrogens is 2. The predicted molar refractivity (Wildman–Crippen MR) is 145 cm³/mol. The smallest absolute Gasteiger partial charge is 0.360 e. The van der Waals surface area contributed by atoms with Crippen molar-refractivity contribution in [1.29, 1.82) is 0 Å². The van der Waals surface area contributed by atoms with Crippen LogP contribution in [-0.4, -0.2) is 36.2 Å². The van der Waals surface area contributed by atoms with E-state index in [1.54, 1.807) is 24.4 Å². The zero-order valence-corrected chi connectivity index (χ0v) is 21.5. The summed E-state index contributed by atoms with van der Waals surface area (Å²) in [6, 6.07) is 13.1. The number of aromatic nitrogens is 6. The number of nitrogens with one attached hydrogen (secondary N) is 5. The van der Waals surface area contributed by atoms with Gasteiger partial charge in [-0.15, -0.1) is 0 Å². The summed E-state index contributed by atoms with van der Waals surface area (Å²) in [7, 11) is 0. The highest BCUT2D eigenvalue weighted by atomic mass is 35.5. The van der Waals surface area contributed by atoms with Crippen LogP contribution in [0.1, 0.15) is 22.6 Å². The minimum absolute atomic E-state index is 0.0674. The summed E-state index contributed by atoms with van der Waals surface area (Å²) in [5.41, 5.74) is 2.16. The minimum atomic E-state index is -4.65. The van der Waals surface area contributed by atoms with Gasteiger partial charge in [0.2, 0.25) is 0 Å². The summed E-state index contributed by atoms with van der Waals surface area (Å²) < 4.78 is 39.2. The first kappa shape index (κ1) is 26.7. The molecule has 204 valence electrons. The molecule has 10 nitrogen and oxygen atoms in total. The molecule has 14 heteroatoms. The van der Waals surface area contributed by atoms with Crippen molar-refractivity contribution in [3.8, 4) is 11.4 Å². The number of aromatic amines is 2. The van der Waals surface area contributed by atoms with Gasteiger partial charge in [-0.2, -0.15) is 18.3 Å². The maximum Gasteiger partial charge on any atom is 0.417 e. The van der Waals surface area contributed by atoms with E-state index in [4.69, 9.17) is 11.6 Å². The normalized spacial score (nSPS) is 11.3. The Labute approximate surface area is 230 Å². The fraction of sp³-hybridized carbons (Fsp3) is 0.115. The van der Waals surface area contributed by atoms with Crippen LogP contribution in [0.25, 0.3) is 11.4 Å². The minimum Gasteiger partial charge on any atom is -0.360 e. The molecule has 0 atom stereocenters. The van der Waals surface area contributed by atoms with Crippen LogP contribution in [0.5, 0.6) is 0 Å². The van der Waals surface area contributed by atoms with E-state index in [1.807, 2.05) is 31.3 Å². The van der Waals surface area contributed by atoms with Crippen molar-refractivity contribution in [3.63, 3.8) is 0 Å². The third kappa shape index (κ3) is 6.56. The molecule has 4 aromatic heterocycles. The van der Waals surface area contributed by atoms with Crippen molar-refractivity contribution in [2.24, 2.45) is 0 Å². The SMILES string of the molecule is Cc1cc(Nc2cc(-c3ccc[nH]3)[nH]n2)nc(Cc2ccc(NC(=O)Nc3ccc(Cl)c(C(F)(F)F)c3)nc2)n1. The molecule has 1 aromatic carbocycles. The second-order valence-corrected chi connectivity index (χ2v) is 9.09. The fourth-order valence-electron chi connectivity index (χ4n) is 3.81. The van der Waals surface area contributed by atoms with E-state index < -0.39 is 22.8 Å². The van der Waals surface area contributed by atoms with E-state index >= 15 is 0 Å². The number of hydrogen-bond acceptors (Lipinski definition) is 6. The molecule has 0 aliphatic rings. The lowest BCUT2D eigenvalue weighted by atomic mass is 10.2. The van der Waals surface area contributed by atoms with E-state index in [0.717, 1.165) is 34.8 Å². The van der Waals surface area contributed by atoms with Gasteiger partial charge < -0.3 is 15.6 Å². The first-order valence-corrected chi connectivity index (χ1v) is 12.2. The highest BCUT2D eigenvalue weighted by Crippen LogP contribution is 2.36. The number of aryl methyl sites for hydroxylation is 1. The van der Waals surface area contributed by atoms with Crippen LogP contribution in [0.4, 0.5) is 41.1 Å². The second-order valence-electron chi connectivity index (χ2n) is 8.69. The lowest BCUT2D eigenvalue weighted by Gasteiger charge is -2.12. The molecule has 0 spiro atoms. The van der Waals surface area contributed by atoms with Crippen molar-refractivity contribution in [2.45, 2.75) is 19.5 Å². The lowest BCUT2D eigenvalue weighted by Crippen LogP contribution is -2.20. The molecule has 4 heterocycles. The van der Waals surface area contributed by atoms with Gasteiger partial charge in [0.05, 0.1) is 22.0 Å². The highest BCUT2D eigenvalue weighted by molar-refractivity contribution is 6.31. The Hall–Kier alpha value is -4.91. The van der Waals surface area contributed by atoms with Gasteiger partial charge >= 0.3 is 12.2 Å². The first-order valence-electron chi connectivity index (χ1n) is 11.8. The molecule has 0 saturated carbocycles. The van der Waals surface area contributed by atoms with Crippen molar-refractivity contribution in [2.75, 3.05) is 16.0 Å². The van der Waals surface area contributed by atoms with Crippen LogP contribution in [0.15, 0.2) is 67.0 Å². The largest absolute Gasteiger partial charge is 0.417 e. The number of nitrogens with zero attached hydrogens (tertiary/aromatic N) is 4. The Balaban J connectivity index is 1.20. The van der Waals surface area contributed by atoms with Crippen LogP contribution < -0.4 is 16.0 Å². The van der Waals surface area contributed by atoms with E-state index in [1.165, 1.54) is 6.07 Å². The molecule has 0 saturated heterocycles. The van der Waals surface area contributed by atoms with Gasteiger partial charge in [0.15, 0.2) is 5.82 Å². The average Bonchev–Trinajstić information content (AvgIpc) is 3.58. The summed E-state index contributed by atoms with van der Waals surface area (Å²) in [5.74, 6) is 1.92. The summed E-state index contributed by atoms with van der Waals surface area (Å²) in [4.78, 5) is 28.6. The van der Waals surface area contributed by atoms with Gasteiger partial charge in [0.1, 0.15) is 17.5 Å². The quantitative estimate of drug-likeness (QED) is 0.151. The van der Waals surface area contributed by atoms with Crippen LogP contribution in [0.3, 0.4) is 0 Å². The van der Waals surface area contributed by atoms with Crippen LogP contribution in [-0.2, 0) is 12.6 Å². The molecule has 40 heavy (non-hydrogen) atoms. The molecule has 5 aromatic rings. The van der Waals surface area contributed by atoms with E-state index in [0.29, 0.717) is 23.9 Å². The van der Waals surface area contributed by atoms with Gasteiger partial charge in [-0.3, -0.25) is 10.4 Å². The molecular formula is C26H21ClF3N9O. The summed E-state index contributed by atoms with van der Waals surface area (Å²) in [6.07, 6.45) is -0.900. The standard InChI is InChI=1S/C26H21ClF3N9O/c1-14-9-22(36-24-12-20(38-39-24)19-3-2-8-31-19)35-23(33-14)10-15-4-7-21(32-13-15)37-25(40)34-16-5-6-18(27)17(11-16)26(28,29)30/h2-9,11-13,31H,10H2,1H3,(H2,32,34,37,40)(H2,33,35,36,38,39). The number of pyridine rings is 1. The van der Waals surface area contributed by atoms with Crippen molar-refractivity contribution in [3.05, 3.63) is 94.7 Å². The summed E-state index contributed by atoms with van der Waals surface area (Å²) >= 11 is 5.62. The Morgan fingerprint density at radius 2 is 1.82 bits per heavy atom. The Bertz CT molecular complexity index is 1630. The van der Waals surface area contributed by atoms with Crippen LogP contribution >= 0.6 is 11.6 Å². The number of carbonyl (C=O) groups excluding carboxylic acids is 1. The number of alkyl halides is 3. The third-order valence-corrected chi connectivity index (χ3v) is 5.91.